The standard InChI is InChI=1S/C12H13N5OS/c1-7-10(6-16(3)15-7)17-11(13-14-12(17)19)9-4-5-18-8(9)2/h4-6H,1-3H3,(H,14,19). The van der Waals surface area contributed by atoms with Crippen LogP contribution in [0.5, 0.6) is 0 Å². The van der Waals surface area contributed by atoms with Crippen molar-refractivity contribution in [3.63, 3.8) is 0 Å². The largest absolute Gasteiger partial charge is 0.469 e. The smallest absolute Gasteiger partial charge is 0.200 e. The van der Waals surface area contributed by atoms with Gasteiger partial charge in [-0.05, 0) is 32.1 Å². The molecule has 0 radical (unpaired) electrons. The quantitative estimate of drug-likeness (QED) is 0.730. The van der Waals surface area contributed by atoms with Crippen molar-refractivity contribution in [3.8, 4) is 17.1 Å². The van der Waals surface area contributed by atoms with E-state index < -0.39 is 0 Å². The van der Waals surface area contributed by atoms with Crippen molar-refractivity contribution >= 4 is 12.2 Å². The second kappa shape index (κ2) is 4.20. The van der Waals surface area contributed by atoms with E-state index in [4.69, 9.17) is 16.6 Å². The number of H-pyrrole nitrogens is 1. The molecule has 0 spiro atoms. The summed E-state index contributed by atoms with van der Waals surface area (Å²) in [6, 6.07) is 1.88. The molecule has 0 saturated carbocycles. The van der Waals surface area contributed by atoms with Crippen LogP contribution in [0.3, 0.4) is 0 Å². The first-order valence-electron chi connectivity index (χ1n) is 5.80. The van der Waals surface area contributed by atoms with Gasteiger partial charge in [-0.3, -0.25) is 14.3 Å². The van der Waals surface area contributed by atoms with Crippen molar-refractivity contribution in [3.05, 3.63) is 34.8 Å². The van der Waals surface area contributed by atoms with Gasteiger partial charge in [0, 0.05) is 13.2 Å². The van der Waals surface area contributed by atoms with Gasteiger partial charge in [-0.25, -0.2) is 0 Å². The molecular formula is C12H13N5OS. The van der Waals surface area contributed by atoms with Gasteiger partial charge in [0.1, 0.15) is 5.76 Å². The van der Waals surface area contributed by atoms with Crippen LogP contribution in [0, 0.1) is 18.6 Å². The molecule has 0 saturated heterocycles. The summed E-state index contributed by atoms with van der Waals surface area (Å²) in [7, 11) is 1.88. The average Bonchev–Trinajstić information content (AvgIpc) is 2.99. The topological polar surface area (TPSA) is 64.6 Å². The zero-order valence-corrected chi connectivity index (χ0v) is 11.7. The van der Waals surface area contributed by atoms with Gasteiger partial charge >= 0.3 is 0 Å². The monoisotopic (exact) mass is 275 g/mol. The molecular weight excluding hydrogens is 262 g/mol. The Bertz CT molecular complexity index is 791. The van der Waals surface area contributed by atoms with Gasteiger partial charge in [0.15, 0.2) is 10.6 Å². The molecule has 6 nitrogen and oxygen atoms in total. The van der Waals surface area contributed by atoms with Gasteiger partial charge in [0.05, 0.1) is 23.2 Å². The molecule has 3 heterocycles. The van der Waals surface area contributed by atoms with Gasteiger partial charge in [-0.1, -0.05) is 0 Å². The first-order chi connectivity index (χ1) is 9.08. The molecule has 3 rings (SSSR count). The molecule has 3 aromatic rings. The van der Waals surface area contributed by atoms with E-state index in [1.54, 1.807) is 10.9 Å². The Morgan fingerprint density at radius 3 is 2.74 bits per heavy atom. The van der Waals surface area contributed by atoms with Gasteiger partial charge in [-0.2, -0.15) is 10.2 Å². The molecule has 0 bridgehead atoms. The van der Waals surface area contributed by atoms with Crippen LogP contribution in [0.25, 0.3) is 17.1 Å². The lowest BCUT2D eigenvalue weighted by Gasteiger charge is -2.04. The Labute approximate surface area is 114 Å². The average molecular weight is 275 g/mol. The summed E-state index contributed by atoms with van der Waals surface area (Å²) in [6.07, 6.45) is 3.56. The van der Waals surface area contributed by atoms with Crippen molar-refractivity contribution in [1.82, 2.24) is 24.5 Å². The van der Waals surface area contributed by atoms with E-state index in [1.165, 1.54) is 0 Å². The minimum Gasteiger partial charge on any atom is -0.469 e. The molecule has 98 valence electrons. The predicted octanol–water partition coefficient (Wildman–Crippen LogP) is 2.54. The highest BCUT2D eigenvalue weighted by Gasteiger charge is 2.17. The third-order valence-electron chi connectivity index (χ3n) is 3.00. The molecule has 0 aliphatic heterocycles. The zero-order chi connectivity index (χ0) is 13.6. The molecule has 0 unspecified atom stereocenters. The van der Waals surface area contributed by atoms with E-state index in [2.05, 4.69) is 15.3 Å². The Balaban J connectivity index is 2.28. The third kappa shape index (κ3) is 1.82. The Morgan fingerprint density at radius 2 is 2.16 bits per heavy atom. The lowest BCUT2D eigenvalue weighted by molar-refractivity contribution is 0.535. The van der Waals surface area contributed by atoms with Crippen LogP contribution >= 0.6 is 12.2 Å². The van der Waals surface area contributed by atoms with Crippen LogP contribution in [0.2, 0.25) is 0 Å². The first kappa shape index (κ1) is 11.9. The number of aromatic nitrogens is 5. The molecule has 0 aliphatic carbocycles. The fraction of sp³-hybridized carbons (Fsp3) is 0.250. The van der Waals surface area contributed by atoms with E-state index in [1.807, 2.05) is 37.7 Å². The highest BCUT2D eigenvalue weighted by atomic mass is 32.1. The Kier molecular flexibility index (Phi) is 2.63. The molecule has 0 amide bonds. The normalized spacial score (nSPS) is 11.1. The fourth-order valence-corrected chi connectivity index (χ4v) is 2.36. The molecule has 7 heteroatoms. The Hall–Kier alpha value is -2.15. The lowest BCUT2D eigenvalue weighted by Crippen LogP contribution is -1.98. The van der Waals surface area contributed by atoms with E-state index >= 15 is 0 Å². The van der Waals surface area contributed by atoms with Gasteiger partial charge in [0.2, 0.25) is 0 Å². The van der Waals surface area contributed by atoms with Crippen LogP contribution in [0.4, 0.5) is 0 Å². The highest BCUT2D eigenvalue weighted by molar-refractivity contribution is 7.71. The summed E-state index contributed by atoms with van der Waals surface area (Å²) in [6.45, 7) is 3.84. The van der Waals surface area contributed by atoms with Gasteiger partial charge in [0.25, 0.3) is 0 Å². The van der Waals surface area contributed by atoms with Crippen molar-refractivity contribution in [2.45, 2.75) is 13.8 Å². The number of furan rings is 1. The van der Waals surface area contributed by atoms with Gasteiger partial charge < -0.3 is 4.42 Å². The van der Waals surface area contributed by atoms with Crippen molar-refractivity contribution < 1.29 is 4.42 Å². The van der Waals surface area contributed by atoms with E-state index in [0.29, 0.717) is 4.77 Å². The van der Waals surface area contributed by atoms with E-state index in [9.17, 15) is 0 Å². The number of rotatable bonds is 2. The van der Waals surface area contributed by atoms with Crippen LogP contribution in [-0.4, -0.2) is 24.5 Å². The SMILES string of the molecule is Cc1nn(C)cc1-n1c(-c2ccoc2C)n[nH]c1=S. The van der Waals surface area contributed by atoms with Crippen LogP contribution in [-0.2, 0) is 7.05 Å². The molecule has 1 N–H and O–H groups in total. The van der Waals surface area contributed by atoms with Crippen LogP contribution in [0.1, 0.15) is 11.5 Å². The second-order valence-electron chi connectivity index (χ2n) is 4.35. The molecule has 3 aromatic heterocycles. The van der Waals surface area contributed by atoms with Gasteiger partial charge in [-0.15, -0.1) is 0 Å². The number of aromatic amines is 1. The number of hydrogen-bond donors (Lipinski definition) is 1. The van der Waals surface area contributed by atoms with Crippen LogP contribution in [0.15, 0.2) is 22.9 Å². The summed E-state index contributed by atoms with van der Waals surface area (Å²) >= 11 is 5.32. The molecule has 0 aliphatic rings. The number of nitrogens with zero attached hydrogens (tertiary/aromatic N) is 4. The number of aryl methyl sites for hydroxylation is 3. The summed E-state index contributed by atoms with van der Waals surface area (Å²) < 4.78 is 9.49. The maximum Gasteiger partial charge on any atom is 0.200 e. The minimum atomic E-state index is 0.534. The summed E-state index contributed by atoms with van der Waals surface area (Å²) in [5, 5.41) is 11.5. The Morgan fingerprint density at radius 1 is 1.37 bits per heavy atom. The van der Waals surface area contributed by atoms with Crippen molar-refractivity contribution in [2.24, 2.45) is 7.05 Å². The number of hydrogen-bond acceptors (Lipinski definition) is 4. The summed E-state index contributed by atoms with van der Waals surface area (Å²) in [4.78, 5) is 0. The fourth-order valence-electron chi connectivity index (χ4n) is 2.12. The maximum atomic E-state index is 5.33. The summed E-state index contributed by atoms with van der Waals surface area (Å²) in [5.74, 6) is 1.53. The van der Waals surface area contributed by atoms with Crippen molar-refractivity contribution in [1.29, 1.82) is 0 Å². The van der Waals surface area contributed by atoms with Crippen LogP contribution < -0.4 is 0 Å². The zero-order valence-electron chi connectivity index (χ0n) is 10.8. The summed E-state index contributed by atoms with van der Waals surface area (Å²) in [5.41, 5.74) is 2.72. The predicted molar refractivity (Wildman–Crippen MR) is 72.7 cm³/mol. The number of nitrogens with one attached hydrogen (secondary N) is 1. The molecule has 0 aromatic carbocycles. The minimum absolute atomic E-state index is 0.534. The third-order valence-corrected chi connectivity index (χ3v) is 3.27. The molecule has 0 atom stereocenters. The van der Waals surface area contributed by atoms with Crippen molar-refractivity contribution in [2.75, 3.05) is 0 Å². The molecule has 0 fully saturated rings. The molecule has 19 heavy (non-hydrogen) atoms. The second-order valence-corrected chi connectivity index (χ2v) is 4.74. The first-order valence-corrected chi connectivity index (χ1v) is 6.21. The van der Waals surface area contributed by atoms with E-state index in [-0.39, 0.29) is 0 Å². The maximum absolute atomic E-state index is 5.33. The highest BCUT2D eigenvalue weighted by Crippen LogP contribution is 2.26. The van der Waals surface area contributed by atoms with E-state index in [0.717, 1.165) is 28.5 Å². The lowest BCUT2D eigenvalue weighted by atomic mass is 10.2.